The van der Waals surface area contributed by atoms with E-state index in [-0.39, 0.29) is 31.3 Å². The van der Waals surface area contributed by atoms with Crippen LogP contribution in [0, 0.1) is 12.3 Å². The molecular weight excluding hydrogens is 714 g/mol. The smallest absolute Gasteiger partial charge is 0.354 e. The van der Waals surface area contributed by atoms with Gasteiger partial charge >= 0.3 is 5.97 Å². The Labute approximate surface area is 305 Å². The molecule has 0 bridgehead atoms. The van der Waals surface area contributed by atoms with Gasteiger partial charge in [-0.3, -0.25) is 8.86 Å². The zero-order valence-electron chi connectivity index (χ0n) is 28.9. The average Bonchev–Trinajstić information content (AvgIpc) is 3.52. The van der Waals surface area contributed by atoms with Crippen molar-refractivity contribution >= 4 is 66.8 Å². The summed E-state index contributed by atoms with van der Waals surface area (Å²) in [6.07, 6.45) is 3.25. The molecule has 3 aromatic carbocycles. The molecule has 4 N–H and O–H groups in total. The molecule has 0 aliphatic heterocycles. The monoisotopic (exact) mass is 753 g/mol. The number of ether oxygens (including phenoxy) is 2. The lowest BCUT2D eigenvalue weighted by Gasteiger charge is -2.12. The molecule has 0 fully saturated rings. The SMILES string of the molecule is COC(=O)c1c(CCCOS(C)(=O)=O)c2ccc(Cl)c(-c3c(COCC(=N)/C=C(\N)CSc4cc(O)c5ccccc5c4)nn(C)c3C)c2n1C. The Kier molecular flexibility index (Phi) is 11.8. The van der Waals surface area contributed by atoms with Crippen molar-refractivity contribution in [1.82, 2.24) is 14.3 Å². The fourth-order valence-corrected chi connectivity index (χ4v) is 7.58. The Balaban J connectivity index is 1.35. The van der Waals surface area contributed by atoms with Crippen molar-refractivity contribution in [3.05, 3.63) is 88.0 Å². The highest BCUT2D eigenvalue weighted by Crippen LogP contribution is 2.42. The van der Waals surface area contributed by atoms with E-state index in [9.17, 15) is 18.3 Å². The van der Waals surface area contributed by atoms with Crippen molar-refractivity contribution < 1.29 is 32.0 Å². The molecule has 51 heavy (non-hydrogen) atoms. The number of halogens is 1. The third-order valence-electron chi connectivity index (χ3n) is 8.39. The molecule has 0 saturated carbocycles. The van der Waals surface area contributed by atoms with Gasteiger partial charge in [-0.15, -0.1) is 11.8 Å². The summed E-state index contributed by atoms with van der Waals surface area (Å²) >= 11 is 8.36. The number of methoxy groups -OCH3 is 1. The Morgan fingerprint density at radius 3 is 2.61 bits per heavy atom. The summed E-state index contributed by atoms with van der Waals surface area (Å²) in [5.74, 6) is 0.0822. The zero-order chi connectivity index (χ0) is 37.0. The number of aryl methyl sites for hydroxylation is 3. The minimum atomic E-state index is -3.61. The van der Waals surface area contributed by atoms with Crippen molar-refractivity contribution in [2.45, 2.75) is 31.3 Å². The molecule has 2 aromatic heterocycles. The Hall–Kier alpha value is -4.34. The molecule has 0 amide bonds. The van der Waals surface area contributed by atoms with Gasteiger partial charge in [0.2, 0.25) is 0 Å². The number of phenols is 1. The van der Waals surface area contributed by atoms with Crippen molar-refractivity contribution in [3.8, 4) is 16.9 Å². The lowest BCUT2D eigenvalue weighted by Crippen LogP contribution is -2.11. The normalized spacial score (nSPS) is 12.2. The summed E-state index contributed by atoms with van der Waals surface area (Å²) in [6.45, 7) is 1.91. The van der Waals surface area contributed by atoms with Gasteiger partial charge in [-0.05, 0) is 55.0 Å². The van der Waals surface area contributed by atoms with E-state index in [1.807, 2.05) is 50.4 Å². The zero-order valence-corrected chi connectivity index (χ0v) is 31.3. The van der Waals surface area contributed by atoms with Crippen molar-refractivity contribution in [3.63, 3.8) is 0 Å². The summed E-state index contributed by atoms with van der Waals surface area (Å²) < 4.78 is 42.5. The van der Waals surface area contributed by atoms with E-state index >= 15 is 0 Å². The molecule has 0 saturated heterocycles. The molecule has 0 atom stereocenters. The van der Waals surface area contributed by atoms with E-state index in [1.165, 1.54) is 18.9 Å². The van der Waals surface area contributed by atoms with Gasteiger partial charge in [-0.25, -0.2) is 4.79 Å². The van der Waals surface area contributed by atoms with Crippen LogP contribution in [0.2, 0.25) is 5.02 Å². The number of fused-ring (bicyclic) bond motifs is 2. The molecule has 5 aromatic rings. The number of rotatable bonds is 15. The fourth-order valence-electron chi connectivity index (χ4n) is 6.09. The van der Waals surface area contributed by atoms with Crippen LogP contribution in [-0.4, -0.2) is 71.9 Å². The first kappa shape index (κ1) is 37.9. The van der Waals surface area contributed by atoms with Gasteiger partial charge in [-0.1, -0.05) is 41.9 Å². The molecule has 0 aliphatic rings. The van der Waals surface area contributed by atoms with Crippen LogP contribution >= 0.6 is 23.4 Å². The molecule has 270 valence electrons. The van der Waals surface area contributed by atoms with Gasteiger partial charge < -0.3 is 30.3 Å². The van der Waals surface area contributed by atoms with E-state index < -0.39 is 16.1 Å². The van der Waals surface area contributed by atoms with Crippen LogP contribution in [0.5, 0.6) is 5.75 Å². The molecule has 0 spiro atoms. The van der Waals surface area contributed by atoms with Crippen LogP contribution in [0.1, 0.15) is 33.9 Å². The van der Waals surface area contributed by atoms with Gasteiger partial charge in [0.1, 0.15) is 11.4 Å². The van der Waals surface area contributed by atoms with E-state index in [0.717, 1.165) is 38.6 Å². The topological polar surface area (TPSA) is 172 Å². The third kappa shape index (κ3) is 8.59. The molecule has 0 aliphatic carbocycles. The largest absolute Gasteiger partial charge is 0.507 e. The average molecular weight is 754 g/mol. The van der Waals surface area contributed by atoms with E-state index in [4.69, 9.17) is 41.5 Å². The summed E-state index contributed by atoms with van der Waals surface area (Å²) in [6, 6.07) is 14.9. The molecule has 15 heteroatoms. The highest BCUT2D eigenvalue weighted by atomic mass is 35.5. The number of nitrogens with one attached hydrogen (secondary N) is 1. The molecule has 0 radical (unpaired) electrons. The van der Waals surface area contributed by atoms with Gasteiger partial charge in [0.05, 0.1) is 55.1 Å². The number of benzene rings is 3. The van der Waals surface area contributed by atoms with Crippen LogP contribution in [0.25, 0.3) is 32.8 Å². The Morgan fingerprint density at radius 1 is 1.14 bits per heavy atom. The van der Waals surface area contributed by atoms with Crippen LogP contribution in [0.15, 0.2) is 65.2 Å². The minimum Gasteiger partial charge on any atom is -0.507 e. The number of nitrogens with zero attached hydrogens (tertiary/aromatic N) is 3. The van der Waals surface area contributed by atoms with Crippen LogP contribution in [0.4, 0.5) is 0 Å². The molecule has 5 rings (SSSR count). The number of esters is 1. The molecule has 12 nitrogen and oxygen atoms in total. The molecule has 2 heterocycles. The third-order valence-corrected chi connectivity index (χ3v) is 10.3. The van der Waals surface area contributed by atoms with E-state index in [0.29, 0.717) is 57.3 Å². The highest BCUT2D eigenvalue weighted by Gasteiger charge is 2.28. The number of hydrogen-bond acceptors (Lipinski definition) is 11. The lowest BCUT2D eigenvalue weighted by atomic mass is 9.98. The summed E-state index contributed by atoms with van der Waals surface area (Å²) in [5.41, 5.74) is 11.4. The van der Waals surface area contributed by atoms with Crippen LogP contribution in [-0.2, 0) is 50.9 Å². The number of phenolic OH excluding ortho intramolecular Hbond substituents is 1. The van der Waals surface area contributed by atoms with E-state index in [2.05, 4.69) is 0 Å². The van der Waals surface area contributed by atoms with E-state index in [1.54, 1.807) is 34.5 Å². The van der Waals surface area contributed by atoms with Gasteiger partial charge in [-0.2, -0.15) is 13.5 Å². The Bertz CT molecular complexity index is 2280. The first-order chi connectivity index (χ1) is 24.2. The second-order valence-corrected chi connectivity index (χ2v) is 15.1. The Morgan fingerprint density at radius 2 is 1.88 bits per heavy atom. The van der Waals surface area contributed by atoms with Crippen molar-refractivity contribution in [1.29, 1.82) is 5.41 Å². The number of aromatic hydroxyl groups is 1. The maximum absolute atomic E-state index is 13.1. The second-order valence-electron chi connectivity index (χ2n) is 12.0. The quantitative estimate of drug-likeness (QED) is 0.0364. The van der Waals surface area contributed by atoms with Crippen molar-refractivity contribution in [2.24, 2.45) is 19.8 Å². The number of aromatic nitrogens is 3. The summed E-state index contributed by atoms with van der Waals surface area (Å²) in [4.78, 5) is 13.9. The second kappa shape index (κ2) is 15.9. The number of carbonyl (C=O) groups excluding carboxylic acids is 1. The van der Waals surface area contributed by atoms with Crippen LogP contribution < -0.4 is 5.73 Å². The van der Waals surface area contributed by atoms with Crippen LogP contribution in [0.3, 0.4) is 0 Å². The first-order valence-corrected chi connectivity index (χ1v) is 19.1. The van der Waals surface area contributed by atoms with Gasteiger partial charge in [0, 0.05) is 58.0 Å². The first-order valence-electron chi connectivity index (χ1n) is 15.9. The van der Waals surface area contributed by atoms with Gasteiger partial charge in [0.25, 0.3) is 10.1 Å². The molecule has 0 unspecified atom stereocenters. The number of carbonyl (C=O) groups is 1. The maximum Gasteiger partial charge on any atom is 0.354 e. The minimum absolute atomic E-state index is 0.0224. The standard InChI is InChI=1S/C36H40ClN5O7S2/c1-21-32(33-29(37)13-12-28-27(11-8-14-49-51(5,45)46)35(36(44)47-4)41(2)34(28)33)30(40-42(21)3)19-48-18-23(38)16-24(39)20-50-25-15-22-9-6-7-10-26(22)31(43)17-25/h6-7,9-10,12-13,15-17,38,43H,8,11,14,18-20,39H2,1-5H3/b24-16-,38-23?. The number of thioether (sulfide) groups is 1. The maximum atomic E-state index is 13.1. The molecular formula is C36H40ClN5O7S2. The summed E-state index contributed by atoms with van der Waals surface area (Å²) in [7, 11) is 1.27. The highest BCUT2D eigenvalue weighted by molar-refractivity contribution is 7.99. The number of hydrogen-bond donors (Lipinski definition) is 3. The predicted molar refractivity (Wildman–Crippen MR) is 201 cm³/mol. The van der Waals surface area contributed by atoms with Crippen molar-refractivity contribution in [2.75, 3.05) is 32.3 Å². The number of nitrogens with two attached hydrogens (primary N) is 1. The lowest BCUT2D eigenvalue weighted by molar-refractivity contribution is 0.0589. The fraction of sp³-hybridized carbons (Fsp3) is 0.306. The predicted octanol–water partition coefficient (Wildman–Crippen LogP) is 6.27. The summed E-state index contributed by atoms with van der Waals surface area (Å²) in [5, 5.41) is 26.5. The van der Waals surface area contributed by atoms with Gasteiger partial charge in [0.15, 0.2) is 0 Å².